The zero-order valence-electron chi connectivity index (χ0n) is 8.65. The maximum absolute atomic E-state index is 12.6. The first-order valence-corrected chi connectivity index (χ1v) is 5.06. The molecule has 1 heterocycles. The summed E-state index contributed by atoms with van der Waals surface area (Å²) in [5.41, 5.74) is 0.307. The van der Waals surface area contributed by atoms with Gasteiger partial charge in [0.2, 0.25) is 0 Å². The van der Waals surface area contributed by atoms with Crippen molar-refractivity contribution in [3.05, 3.63) is 17.0 Å². The number of rotatable bonds is 2. The average Bonchev–Trinajstić information content (AvgIpc) is 2.81. The van der Waals surface area contributed by atoms with Crippen LogP contribution in [0.3, 0.4) is 0 Å². The van der Waals surface area contributed by atoms with Gasteiger partial charge in [-0.1, -0.05) is 13.8 Å². The molecule has 1 aromatic rings. The largest absolute Gasteiger partial charge is 0.435 e. The summed E-state index contributed by atoms with van der Waals surface area (Å²) >= 11 is 0. The Morgan fingerprint density at radius 3 is 2.33 bits per heavy atom. The molecule has 1 aromatic heterocycles. The molecule has 1 N–H and O–H groups in total. The summed E-state index contributed by atoms with van der Waals surface area (Å²) in [7, 11) is 0. The number of hydrogen-bond acceptors (Lipinski definition) is 1. The van der Waals surface area contributed by atoms with Crippen LogP contribution < -0.4 is 0 Å². The third kappa shape index (κ3) is 1.87. The van der Waals surface area contributed by atoms with Crippen LogP contribution in [0, 0.1) is 0 Å². The van der Waals surface area contributed by atoms with Crippen LogP contribution in [0.1, 0.15) is 55.5 Å². The topological polar surface area (TPSA) is 28.7 Å². The molecule has 0 bridgehead atoms. The molecule has 2 rings (SSSR count). The molecule has 2 nitrogen and oxygen atoms in total. The number of aromatic nitrogens is 2. The van der Waals surface area contributed by atoms with Crippen LogP contribution in [0.15, 0.2) is 0 Å². The van der Waals surface area contributed by atoms with Gasteiger partial charge >= 0.3 is 6.18 Å². The van der Waals surface area contributed by atoms with E-state index < -0.39 is 11.9 Å². The highest BCUT2D eigenvalue weighted by Crippen LogP contribution is 2.45. The molecule has 0 radical (unpaired) electrons. The molecule has 0 saturated heterocycles. The molecule has 1 fully saturated rings. The summed E-state index contributed by atoms with van der Waals surface area (Å²) in [4.78, 5) is 0. The molecule has 15 heavy (non-hydrogen) atoms. The second-order valence-corrected chi connectivity index (χ2v) is 4.33. The predicted molar refractivity (Wildman–Crippen MR) is 49.7 cm³/mol. The number of nitrogens with zero attached hydrogens (tertiary/aromatic N) is 1. The minimum atomic E-state index is -4.34. The van der Waals surface area contributed by atoms with Crippen molar-refractivity contribution in [2.45, 2.75) is 44.7 Å². The number of alkyl halides is 3. The van der Waals surface area contributed by atoms with E-state index in [0.717, 1.165) is 12.8 Å². The Kier molecular flexibility index (Phi) is 2.28. The van der Waals surface area contributed by atoms with Crippen molar-refractivity contribution in [1.82, 2.24) is 10.2 Å². The lowest BCUT2D eigenvalue weighted by Crippen LogP contribution is -2.10. The first-order chi connectivity index (χ1) is 6.91. The predicted octanol–water partition coefficient (Wildman–Crippen LogP) is 3.43. The van der Waals surface area contributed by atoms with Gasteiger partial charge < -0.3 is 0 Å². The van der Waals surface area contributed by atoms with E-state index in [9.17, 15) is 13.2 Å². The van der Waals surface area contributed by atoms with E-state index in [-0.39, 0.29) is 11.8 Å². The highest BCUT2D eigenvalue weighted by Gasteiger charge is 2.41. The maximum atomic E-state index is 12.6. The van der Waals surface area contributed by atoms with Gasteiger partial charge in [-0.2, -0.15) is 18.3 Å². The fourth-order valence-corrected chi connectivity index (χ4v) is 1.85. The molecule has 0 unspecified atom stereocenters. The van der Waals surface area contributed by atoms with Gasteiger partial charge in [-0.3, -0.25) is 5.10 Å². The molecule has 1 aliphatic rings. The van der Waals surface area contributed by atoms with Crippen molar-refractivity contribution in [2.75, 3.05) is 0 Å². The van der Waals surface area contributed by atoms with Crippen molar-refractivity contribution < 1.29 is 13.2 Å². The van der Waals surface area contributed by atoms with Gasteiger partial charge in [-0.05, 0) is 18.8 Å². The van der Waals surface area contributed by atoms with Gasteiger partial charge in [-0.25, -0.2) is 0 Å². The lowest BCUT2D eigenvalue weighted by molar-refractivity contribution is -0.141. The van der Waals surface area contributed by atoms with E-state index in [0.29, 0.717) is 11.3 Å². The number of H-pyrrole nitrogens is 1. The van der Waals surface area contributed by atoms with Crippen molar-refractivity contribution in [1.29, 1.82) is 0 Å². The third-order valence-corrected chi connectivity index (χ3v) is 2.66. The molecule has 0 aromatic carbocycles. The second-order valence-electron chi connectivity index (χ2n) is 4.33. The van der Waals surface area contributed by atoms with Crippen LogP contribution in [0.5, 0.6) is 0 Å². The Hall–Kier alpha value is -1.00. The number of aromatic amines is 1. The fourth-order valence-electron chi connectivity index (χ4n) is 1.85. The Morgan fingerprint density at radius 1 is 1.33 bits per heavy atom. The minimum absolute atomic E-state index is 0.143. The van der Waals surface area contributed by atoms with E-state index in [2.05, 4.69) is 10.2 Å². The molecule has 0 amide bonds. The van der Waals surface area contributed by atoms with Gasteiger partial charge in [0.1, 0.15) is 0 Å². The standard InChI is InChI=1S/C10H13F3N2/c1-5(2)7-8(6-3-4-6)14-15-9(7)10(11,12)13/h5-6H,3-4H2,1-2H3,(H,14,15). The van der Waals surface area contributed by atoms with E-state index in [1.54, 1.807) is 13.8 Å². The second kappa shape index (κ2) is 3.25. The molecule has 0 aliphatic heterocycles. The van der Waals surface area contributed by atoms with E-state index >= 15 is 0 Å². The van der Waals surface area contributed by atoms with Gasteiger partial charge in [-0.15, -0.1) is 0 Å². The first kappa shape index (κ1) is 10.5. The van der Waals surface area contributed by atoms with E-state index in [4.69, 9.17) is 0 Å². The van der Waals surface area contributed by atoms with E-state index in [1.165, 1.54) is 0 Å². The number of nitrogens with one attached hydrogen (secondary N) is 1. The van der Waals surface area contributed by atoms with Crippen LogP contribution >= 0.6 is 0 Å². The van der Waals surface area contributed by atoms with Crippen molar-refractivity contribution in [3.8, 4) is 0 Å². The number of hydrogen-bond donors (Lipinski definition) is 1. The smallest absolute Gasteiger partial charge is 0.281 e. The fraction of sp³-hybridized carbons (Fsp3) is 0.700. The zero-order valence-corrected chi connectivity index (χ0v) is 8.65. The van der Waals surface area contributed by atoms with Gasteiger partial charge in [0.15, 0.2) is 5.69 Å². The molecule has 5 heteroatoms. The molecular weight excluding hydrogens is 205 g/mol. The summed E-state index contributed by atoms with van der Waals surface area (Å²) in [6.45, 7) is 3.54. The minimum Gasteiger partial charge on any atom is -0.281 e. The van der Waals surface area contributed by atoms with Crippen molar-refractivity contribution >= 4 is 0 Å². The Morgan fingerprint density at radius 2 is 1.93 bits per heavy atom. The Bertz CT molecular complexity index is 361. The van der Waals surface area contributed by atoms with Crippen molar-refractivity contribution in [3.63, 3.8) is 0 Å². The summed E-state index contributed by atoms with van der Waals surface area (Å²) < 4.78 is 37.9. The first-order valence-electron chi connectivity index (χ1n) is 5.06. The quantitative estimate of drug-likeness (QED) is 0.809. The Balaban J connectivity index is 2.46. The van der Waals surface area contributed by atoms with Crippen molar-refractivity contribution in [2.24, 2.45) is 0 Å². The molecule has 1 aliphatic carbocycles. The van der Waals surface area contributed by atoms with Gasteiger partial charge in [0.05, 0.1) is 0 Å². The molecule has 84 valence electrons. The average molecular weight is 218 g/mol. The van der Waals surface area contributed by atoms with Crippen LogP contribution in [-0.2, 0) is 6.18 Å². The highest BCUT2D eigenvalue weighted by molar-refractivity contribution is 5.34. The number of halogens is 3. The molecule has 0 atom stereocenters. The van der Waals surface area contributed by atoms with Gasteiger partial charge in [0.25, 0.3) is 0 Å². The lowest BCUT2D eigenvalue weighted by Gasteiger charge is -2.10. The van der Waals surface area contributed by atoms with Crippen LogP contribution in [0.2, 0.25) is 0 Å². The summed E-state index contributed by atoms with van der Waals surface area (Å²) in [5.74, 6) is 0.127. The monoisotopic (exact) mass is 218 g/mol. The zero-order chi connectivity index (χ0) is 11.2. The van der Waals surface area contributed by atoms with Crippen LogP contribution in [0.4, 0.5) is 13.2 Å². The van der Waals surface area contributed by atoms with Crippen LogP contribution in [-0.4, -0.2) is 10.2 Å². The third-order valence-electron chi connectivity index (χ3n) is 2.66. The molecular formula is C10H13F3N2. The lowest BCUT2D eigenvalue weighted by atomic mass is 9.98. The summed E-state index contributed by atoms with van der Waals surface area (Å²) in [5, 5.41) is 5.97. The summed E-state index contributed by atoms with van der Waals surface area (Å²) in [6.07, 6.45) is -2.40. The normalized spacial score (nSPS) is 17.5. The van der Waals surface area contributed by atoms with Crippen LogP contribution in [0.25, 0.3) is 0 Å². The highest BCUT2D eigenvalue weighted by atomic mass is 19.4. The SMILES string of the molecule is CC(C)c1c(C(F)(F)F)n[nH]c1C1CC1. The maximum Gasteiger partial charge on any atom is 0.435 e. The molecule has 0 spiro atoms. The van der Waals surface area contributed by atoms with E-state index in [1.807, 2.05) is 0 Å². The molecule has 1 saturated carbocycles. The summed E-state index contributed by atoms with van der Waals surface area (Å²) in [6, 6.07) is 0. The van der Waals surface area contributed by atoms with Gasteiger partial charge in [0, 0.05) is 17.2 Å². The Labute approximate surface area is 85.9 Å².